The van der Waals surface area contributed by atoms with Gasteiger partial charge in [-0.05, 0) is 55.0 Å². The molecule has 1 aromatic carbocycles. The van der Waals surface area contributed by atoms with E-state index < -0.39 is 12.0 Å². The SMILES string of the molecule is CCc1c(O)cc(C)c(C[C@H](N)C(=O)O)c1C. The highest BCUT2D eigenvalue weighted by atomic mass is 16.4. The van der Waals surface area contributed by atoms with E-state index in [4.69, 9.17) is 10.8 Å². The maximum atomic E-state index is 10.8. The molecule has 0 aliphatic rings. The molecule has 17 heavy (non-hydrogen) atoms. The van der Waals surface area contributed by atoms with Gasteiger partial charge in [-0.15, -0.1) is 0 Å². The van der Waals surface area contributed by atoms with Gasteiger partial charge >= 0.3 is 5.97 Å². The molecule has 1 rings (SSSR count). The fraction of sp³-hybridized carbons (Fsp3) is 0.462. The van der Waals surface area contributed by atoms with Crippen molar-refractivity contribution in [2.45, 2.75) is 39.7 Å². The minimum atomic E-state index is -1.00. The Morgan fingerprint density at radius 1 is 1.41 bits per heavy atom. The zero-order valence-electron chi connectivity index (χ0n) is 10.4. The van der Waals surface area contributed by atoms with Crippen molar-refractivity contribution in [1.29, 1.82) is 0 Å². The quantitative estimate of drug-likeness (QED) is 0.741. The summed E-state index contributed by atoms with van der Waals surface area (Å²) in [4.78, 5) is 10.8. The highest BCUT2D eigenvalue weighted by molar-refractivity contribution is 5.73. The Kier molecular flexibility index (Phi) is 4.12. The van der Waals surface area contributed by atoms with Gasteiger partial charge in [0.15, 0.2) is 0 Å². The van der Waals surface area contributed by atoms with Crippen LogP contribution in [0.3, 0.4) is 0 Å². The average Bonchev–Trinajstić information content (AvgIpc) is 2.24. The van der Waals surface area contributed by atoms with Crippen LogP contribution in [0.25, 0.3) is 0 Å². The molecule has 1 atom stereocenters. The summed E-state index contributed by atoms with van der Waals surface area (Å²) in [6.07, 6.45) is 1.01. The minimum absolute atomic E-state index is 0.273. The van der Waals surface area contributed by atoms with Crippen LogP contribution in [0, 0.1) is 13.8 Å². The molecule has 0 spiro atoms. The lowest BCUT2D eigenvalue weighted by atomic mass is 9.91. The molecule has 0 saturated carbocycles. The van der Waals surface area contributed by atoms with E-state index in [2.05, 4.69) is 0 Å². The van der Waals surface area contributed by atoms with Crippen LogP contribution >= 0.6 is 0 Å². The predicted octanol–water partition coefficient (Wildman–Crippen LogP) is 1.53. The van der Waals surface area contributed by atoms with Gasteiger partial charge in [0.2, 0.25) is 0 Å². The van der Waals surface area contributed by atoms with Crippen molar-refractivity contribution in [3.8, 4) is 5.75 Å². The van der Waals surface area contributed by atoms with Crippen LogP contribution in [0.2, 0.25) is 0 Å². The molecule has 0 saturated heterocycles. The van der Waals surface area contributed by atoms with Gasteiger partial charge in [-0.2, -0.15) is 0 Å². The lowest BCUT2D eigenvalue weighted by Crippen LogP contribution is -2.32. The van der Waals surface area contributed by atoms with Crippen LogP contribution < -0.4 is 5.73 Å². The molecule has 0 aliphatic heterocycles. The molecule has 0 heterocycles. The van der Waals surface area contributed by atoms with Crippen molar-refractivity contribution >= 4 is 5.97 Å². The Morgan fingerprint density at radius 2 is 2.00 bits per heavy atom. The maximum absolute atomic E-state index is 10.8. The molecular weight excluding hydrogens is 218 g/mol. The summed E-state index contributed by atoms with van der Waals surface area (Å²) >= 11 is 0. The van der Waals surface area contributed by atoms with Crippen molar-refractivity contribution in [1.82, 2.24) is 0 Å². The van der Waals surface area contributed by atoms with Crippen molar-refractivity contribution in [2.75, 3.05) is 0 Å². The van der Waals surface area contributed by atoms with Gasteiger partial charge in [0.1, 0.15) is 11.8 Å². The molecular formula is C13H19NO3. The van der Waals surface area contributed by atoms with E-state index in [1.54, 1.807) is 6.07 Å². The van der Waals surface area contributed by atoms with E-state index in [0.717, 1.165) is 22.3 Å². The third-order valence-corrected chi connectivity index (χ3v) is 3.14. The average molecular weight is 237 g/mol. The van der Waals surface area contributed by atoms with E-state index in [9.17, 15) is 9.90 Å². The molecule has 4 N–H and O–H groups in total. The summed E-state index contributed by atoms with van der Waals surface area (Å²) in [7, 11) is 0. The number of carboxylic acid groups (broad SMARTS) is 1. The summed E-state index contributed by atoms with van der Waals surface area (Å²) in [5.74, 6) is -0.731. The number of aromatic hydroxyl groups is 1. The van der Waals surface area contributed by atoms with E-state index in [1.807, 2.05) is 20.8 Å². The van der Waals surface area contributed by atoms with Crippen LogP contribution in [0.1, 0.15) is 29.2 Å². The van der Waals surface area contributed by atoms with Crippen LogP contribution in [0.5, 0.6) is 5.75 Å². The summed E-state index contributed by atoms with van der Waals surface area (Å²) in [6, 6.07) is 0.775. The van der Waals surface area contributed by atoms with Gasteiger partial charge in [0.05, 0.1) is 0 Å². The van der Waals surface area contributed by atoms with Crippen LogP contribution in [0.15, 0.2) is 6.07 Å². The van der Waals surface area contributed by atoms with Gasteiger partial charge in [0, 0.05) is 0 Å². The standard InChI is InChI=1S/C13H19NO3/c1-4-9-8(3)10(6-11(14)13(16)17)7(2)5-12(9)15/h5,11,15H,4,6,14H2,1-3H3,(H,16,17)/t11-/m0/s1. The van der Waals surface area contributed by atoms with Crippen molar-refractivity contribution in [2.24, 2.45) is 5.73 Å². The second kappa shape index (κ2) is 5.19. The number of aliphatic carboxylic acids is 1. The maximum Gasteiger partial charge on any atom is 0.320 e. The summed E-state index contributed by atoms with van der Waals surface area (Å²) in [6.45, 7) is 5.71. The zero-order chi connectivity index (χ0) is 13.2. The monoisotopic (exact) mass is 237 g/mol. The van der Waals surface area contributed by atoms with Gasteiger partial charge in [-0.3, -0.25) is 4.79 Å². The zero-order valence-corrected chi connectivity index (χ0v) is 10.4. The number of aryl methyl sites for hydroxylation is 1. The number of phenols is 1. The molecule has 4 nitrogen and oxygen atoms in total. The first-order valence-electron chi connectivity index (χ1n) is 5.67. The third-order valence-electron chi connectivity index (χ3n) is 3.14. The molecule has 0 amide bonds. The van der Waals surface area contributed by atoms with Gasteiger partial charge in [-0.25, -0.2) is 0 Å². The first-order valence-corrected chi connectivity index (χ1v) is 5.67. The lowest BCUT2D eigenvalue weighted by molar-refractivity contribution is -0.138. The first kappa shape index (κ1) is 13.5. The lowest BCUT2D eigenvalue weighted by Gasteiger charge is -2.17. The molecule has 0 unspecified atom stereocenters. The fourth-order valence-corrected chi connectivity index (χ4v) is 2.12. The highest BCUT2D eigenvalue weighted by Gasteiger charge is 2.17. The Hall–Kier alpha value is -1.55. The van der Waals surface area contributed by atoms with Gasteiger partial charge < -0.3 is 15.9 Å². The Bertz CT molecular complexity index is 441. The summed E-state index contributed by atoms with van der Waals surface area (Å²) in [5, 5.41) is 18.6. The van der Waals surface area contributed by atoms with E-state index in [1.165, 1.54) is 0 Å². The molecule has 4 heteroatoms. The topological polar surface area (TPSA) is 83.5 Å². The molecule has 0 bridgehead atoms. The van der Waals surface area contributed by atoms with Crippen LogP contribution in [-0.2, 0) is 17.6 Å². The van der Waals surface area contributed by atoms with Gasteiger partial charge in [0.25, 0.3) is 0 Å². The number of hydrogen-bond acceptors (Lipinski definition) is 3. The predicted molar refractivity (Wildman–Crippen MR) is 66.3 cm³/mol. The van der Waals surface area contributed by atoms with E-state index >= 15 is 0 Å². The number of rotatable bonds is 4. The Balaban J connectivity index is 3.20. The molecule has 1 aromatic rings. The van der Waals surface area contributed by atoms with Crippen LogP contribution in [0.4, 0.5) is 0 Å². The van der Waals surface area contributed by atoms with E-state index in [0.29, 0.717) is 12.8 Å². The Morgan fingerprint density at radius 3 is 2.47 bits per heavy atom. The third kappa shape index (κ3) is 2.77. The second-order valence-electron chi connectivity index (χ2n) is 4.30. The number of carbonyl (C=O) groups is 1. The molecule has 0 aromatic heterocycles. The van der Waals surface area contributed by atoms with E-state index in [-0.39, 0.29) is 5.75 Å². The molecule has 0 fully saturated rings. The normalized spacial score (nSPS) is 12.5. The second-order valence-corrected chi connectivity index (χ2v) is 4.30. The smallest absolute Gasteiger partial charge is 0.320 e. The summed E-state index contributed by atoms with van der Waals surface area (Å²) < 4.78 is 0. The number of hydrogen-bond donors (Lipinski definition) is 3. The largest absolute Gasteiger partial charge is 0.508 e. The molecule has 94 valence electrons. The van der Waals surface area contributed by atoms with Crippen LogP contribution in [-0.4, -0.2) is 22.2 Å². The number of benzene rings is 1. The van der Waals surface area contributed by atoms with Crippen molar-refractivity contribution in [3.63, 3.8) is 0 Å². The van der Waals surface area contributed by atoms with Crippen molar-refractivity contribution < 1.29 is 15.0 Å². The summed E-state index contributed by atoms with van der Waals surface area (Å²) in [5.41, 5.74) is 9.17. The Labute approximate surface area is 101 Å². The minimum Gasteiger partial charge on any atom is -0.508 e. The first-order chi connectivity index (χ1) is 7.88. The number of carboxylic acids is 1. The van der Waals surface area contributed by atoms with Crippen molar-refractivity contribution in [3.05, 3.63) is 28.3 Å². The highest BCUT2D eigenvalue weighted by Crippen LogP contribution is 2.28. The number of phenolic OH excluding ortho intramolecular Hbond substituents is 1. The van der Waals surface area contributed by atoms with Gasteiger partial charge in [-0.1, -0.05) is 6.92 Å². The number of nitrogens with two attached hydrogens (primary N) is 1. The molecule has 0 aliphatic carbocycles. The molecule has 0 radical (unpaired) electrons. The fourth-order valence-electron chi connectivity index (χ4n) is 2.12.